The molecule has 0 atom stereocenters. The lowest BCUT2D eigenvalue weighted by molar-refractivity contribution is 0.112. The highest BCUT2D eigenvalue weighted by molar-refractivity contribution is 7.11. The predicted octanol–water partition coefficient (Wildman–Crippen LogP) is 3.29. The number of hydrogen-bond donors (Lipinski definition) is 0. The van der Waals surface area contributed by atoms with Crippen molar-refractivity contribution in [3.63, 3.8) is 0 Å². The summed E-state index contributed by atoms with van der Waals surface area (Å²) in [6, 6.07) is 8.48. The number of carbonyl (C=O) groups excluding carboxylic acids is 1. The summed E-state index contributed by atoms with van der Waals surface area (Å²) in [4.78, 5) is 11.2. The Hall–Kier alpha value is -1.48. The molecule has 0 bridgehead atoms. The van der Waals surface area contributed by atoms with Gasteiger partial charge in [-0.3, -0.25) is 4.79 Å². The molecule has 2 rings (SSSR count). The highest BCUT2D eigenvalue weighted by Crippen LogP contribution is 2.18. The molecule has 0 amide bonds. The van der Waals surface area contributed by atoms with Gasteiger partial charge in [-0.15, -0.1) is 11.3 Å². The highest BCUT2D eigenvalue weighted by atomic mass is 32.1. The van der Waals surface area contributed by atoms with Gasteiger partial charge in [0.05, 0.1) is 4.88 Å². The molecular weight excluding hydrogens is 211 g/mol. The van der Waals surface area contributed by atoms with Crippen molar-refractivity contribution in [1.82, 2.24) is 0 Å². The van der Waals surface area contributed by atoms with Crippen LogP contribution in [0, 0.1) is 5.82 Å². The smallest absolute Gasteiger partial charge is 0.160 e. The molecule has 0 radical (unpaired) electrons. The van der Waals surface area contributed by atoms with Crippen molar-refractivity contribution in [2.75, 3.05) is 0 Å². The van der Waals surface area contributed by atoms with Crippen LogP contribution >= 0.6 is 11.3 Å². The second-order valence-corrected chi connectivity index (χ2v) is 4.19. The van der Waals surface area contributed by atoms with Crippen molar-refractivity contribution in [2.24, 2.45) is 0 Å². The number of rotatable bonds is 3. The summed E-state index contributed by atoms with van der Waals surface area (Å²) in [6.07, 6.45) is 1.35. The zero-order valence-electron chi connectivity index (χ0n) is 7.94. The molecule has 2 aromatic rings. The van der Waals surface area contributed by atoms with E-state index in [1.165, 1.54) is 17.4 Å². The quantitative estimate of drug-likeness (QED) is 0.725. The number of halogens is 1. The van der Waals surface area contributed by atoms with E-state index in [4.69, 9.17) is 0 Å². The molecular formula is C12H9FOS. The normalized spacial score (nSPS) is 10.2. The van der Waals surface area contributed by atoms with Gasteiger partial charge in [0, 0.05) is 6.42 Å². The fraction of sp³-hybridized carbons (Fsp3) is 0.0833. The molecule has 0 aliphatic rings. The minimum Gasteiger partial charge on any atom is -0.297 e. The van der Waals surface area contributed by atoms with E-state index < -0.39 is 0 Å². The zero-order valence-corrected chi connectivity index (χ0v) is 8.76. The number of aldehydes is 1. The third kappa shape index (κ3) is 2.30. The van der Waals surface area contributed by atoms with Gasteiger partial charge in [0.25, 0.3) is 0 Å². The molecule has 76 valence electrons. The van der Waals surface area contributed by atoms with Crippen LogP contribution in [0.15, 0.2) is 35.7 Å². The largest absolute Gasteiger partial charge is 0.297 e. The SMILES string of the molecule is O=Cc1cc(Cc2ccccc2F)cs1. The Morgan fingerprint density at radius 3 is 2.80 bits per heavy atom. The van der Waals surface area contributed by atoms with Crippen LogP contribution in [0.2, 0.25) is 0 Å². The van der Waals surface area contributed by atoms with Crippen LogP contribution in [0.5, 0.6) is 0 Å². The highest BCUT2D eigenvalue weighted by Gasteiger charge is 2.04. The first-order valence-corrected chi connectivity index (χ1v) is 5.43. The third-order valence-corrected chi connectivity index (χ3v) is 3.05. The molecule has 0 spiro atoms. The van der Waals surface area contributed by atoms with Gasteiger partial charge in [-0.2, -0.15) is 0 Å². The molecule has 15 heavy (non-hydrogen) atoms. The summed E-state index contributed by atoms with van der Waals surface area (Å²) in [6.45, 7) is 0. The average Bonchev–Trinajstić information content (AvgIpc) is 2.69. The zero-order chi connectivity index (χ0) is 10.7. The molecule has 1 nitrogen and oxygen atoms in total. The van der Waals surface area contributed by atoms with Crippen LogP contribution in [-0.4, -0.2) is 6.29 Å². The molecule has 3 heteroatoms. The molecule has 1 aromatic carbocycles. The van der Waals surface area contributed by atoms with E-state index in [9.17, 15) is 9.18 Å². The fourth-order valence-electron chi connectivity index (χ4n) is 1.41. The summed E-state index contributed by atoms with van der Waals surface area (Å²) in [5, 5.41) is 1.89. The lowest BCUT2D eigenvalue weighted by Crippen LogP contribution is -1.90. The Bertz CT molecular complexity index is 476. The molecule has 1 aromatic heterocycles. The number of thiophene rings is 1. The van der Waals surface area contributed by atoms with E-state index in [2.05, 4.69) is 0 Å². The Labute approximate surface area is 91.2 Å². The molecule has 0 aliphatic heterocycles. The Balaban J connectivity index is 2.22. The van der Waals surface area contributed by atoms with Crippen molar-refractivity contribution in [2.45, 2.75) is 6.42 Å². The average molecular weight is 220 g/mol. The lowest BCUT2D eigenvalue weighted by Gasteiger charge is -1.99. The van der Waals surface area contributed by atoms with Crippen LogP contribution in [0.3, 0.4) is 0 Å². The Morgan fingerprint density at radius 2 is 2.13 bits per heavy atom. The topological polar surface area (TPSA) is 17.1 Å². The first-order valence-electron chi connectivity index (χ1n) is 4.55. The molecule has 0 saturated carbocycles. The van der Waals surface area contributed by atoms with E-state index >= 15 is 0 Å². The van der Waals surface area contributed by atoms with E-state index in [-0.39, 0.29) is 5.82 Å². The molecule has 0 unspecified atom stereocenters. The van der Waals surface area contributed by atoms with E-state index in [1.807, 2.05) is 11.4 Å². The second kappa shape index (κ2) is 4.36. The van der Waals surface area contributed by atoms with Crippen molar-refractivity contribution >= 4 is 17.6 Å². The molecule has 0 fully saturated rings. The van der Waals surface area contributed by atoms with Crippen LogP contribution in [0.25, 0.3) is 0 Å². The summed E-state index contributed by atoms with van der Waals surface area (Å²) >= 11 is 1.38. The number of benzene rings is 1. The van der Waals surface area contributed by atoms with Crippen molar-refractivity contribution in [3.8, 4) is 0 Å². The van der Waals surface area contributed by atoms with E-state index in [0.717, 1.165) is 11.8 Å². The van der Waals surface area contributed by atoms with Crippen molar-refractivity contribution in [1.29, 1.82) is 0 Å². The van der Waals surface area contributed by atoms with Crippen LogP contribution < -0.4 is 0 Å². The van der Waals surface area contributed by atoms with Gasteiger partial charge in [0.1, 0.15) is 5.82 Å². The molecule has 0 saturated heterocycles. The first kappa shape index (κ1) is 10.1. The maximum absolute atomic E-state index is 13.3. The summed E-state index contributed by atoms with van der Waals surface area (Å²) in [5.41, 5.74) is 1.64. The van der Waals surface area contributed by atoms with Crippen LogP contribution in [0.4, 0.5) is 4.39 Å². The predicted molar refractivity (Wildman–Crippen MR) is 58.9 cm³/mol. The summed E-state index contributed by atoms with van der Waals surface area (Å²) < 4.78 is 13.3. The van der Waals surface area contributed by atoms with Gasteiger partial charge < -0.3 is 0 Å². The minimum atomic E-state index is -0.198. The number of hydrogen-bond acceptors (Lipinski definition) is 2. The lowest BCUT2D eigenvalue weighted by atomic mass is 10.1. The van der Waals surface area contributed by atoms with Gasteiger partial charge in [0.15, 0.2) is 6.29 Å². The fourth-order valence-corrected chi connectivity index (χ4v) is 2.12. The molecule has 1 heterocycles. The van der Waals surface area contributed by atoms with E-state index in [1.54, 1.807) is 18.2 Å². The van der Waals surface area contributed by atoms with Crippen molar-refractivity contribution in [3.05, 3.63) is 57.5 Å². The van der Waals surface area contributed by atoms with Gasteiger partial charge in [-0.05, 0) is 28.6 Å². The Kier molecular flexibility index (Phi) is 2.92. The maximum atomic E-state index is 13.3. The monoisotopic (exact) mass is 220 g/mol. The first-order chi connectivity index (χ1) is 7.29. The maximum Gasteiger partial charge on any atom is 0.160 e. The van der Waals surface area contributed by atoms with Gasteiger partial charge in [-0.25, -0.2) is 4.39 Å². The second-order valence-electron chi connectivity index (χ2n) is 3.24. The summed E-state index contributed by atoms with van der Waals surface area (Å²) in [7, 11) is 0. The van der Waals surface area contributed by atoms with Gasteiger partial charge in [0.2, 0.25) is 0 Å². The van der Waals surface area contributed by atoms with E-state index in [0.29, 0.717) is 16.9 Å². The summed E-state index contributed by atoms with van der Waals surface area (Å²) in [5.74, 6) is -0.198. The van der Waals surface area contributed by atoms with Gasteiger partial charge in [-0.1, -0.05) is 18.2 Å². The standard InChI is InChI=1S/C12H9FOS/c13-12-4-2-1-3-10(12)5-9-6-11(7-14)15-8-9/h1-4,6-8H,5H2. The minimum absolute atomic E-state index is 0.198. The third-order valence-electron chi connectivity index (χ3n) is 2.14. The Morgan fingerprint density at radius 1 is 1.33 bits per heavy atom. The van der Waals surface area contributed by atoms with Crippen molar-refractivity contribution < 1.29 is 9.18 Å². The van der Waals surface area contributed by atoms with Crippen LogP contribution in [-0.2, 0) is 6.42 Å². The molecule has 0 aliphatic carbocycles. The van der Waals surface area contributed by atoms with Crippen LogP contribution in [0.1, 0.15) is 20.8 Å². The number of carbonyl (C=O) groups is 1. The molecule has 0 N–H and O–H groups in total. The van der Waals surface area contributed by atoms with Gasteiger partial charge >= 0.3 is 0 Å².